The lowest BCUT2D eigenvalue weighted by Crippen LogP contribution is -2.20. The summed E-state index contributed by atoms with van der Waals surface area (Å²) in [5, 5.41) is 8.89. The molecule has 0 spiro atoms. The number of ether oxygens (including phenoxy) is 1. The van der Waals surface area contributed by atoms with Crippen LogP contribution in [0.3, 0.4) is 0 Å². The summed E-state index contributed by atoms with van der Waals surface area (Å²) in [4.78, 5) is 31.0. The van der Waals surface area contributed by atoms with Gasteiger partial charge in [0.1, 0.15) is 10.8 Å². The third-order valence-electron chi connectivity index (χ3n) is 4.96. The molecule has 1 amide bonds. The van der Waals surface area contributed by atoms with Crippen molar-refractivity contribution < 1.29 is 9.53 Å². The molecule has 33 heavy (non-hydrogen) atoms. The Morgan fingerprint density at radius 2 is 2.00 bits per heavy atom. The van der Waals surface area contributed by atoms with Crippen LogP contribution >= 0.6 is 34.7 Å². The molecule has 1 N–H and O–H groups in total. The van der Waals surface area contributed by atoms with Gasteiger partial charge in [-0.05, 0) is 49.2 Å². The minimum atomic E-state index is -0.270. The number of hydrogen-bond acceptors (Lipinski definition) is 7. The molecule has 2 aromatic carbocycles. The van der Waals surface area contributed by atoms with Crippen molar-refractivity contribution in [1.29, 1.82) is 0 Å². The van der Waals surface area contributed by atoms with E-state index in [1.54, 1.807) is 24.3 Å². The first-order valence-electron chi connectivity index (χ1n) is 10.3. The lowest BCUT2D eigenvalue weighted by atomic mass is 10.3. The van der Waals surface area contributed by atoms with Crippen molar-refractivity contribution in [3.8, 4) is 5.75 Å². The molecule has 10 heteroatoms. The Balaban J connectivity index is 1.24. The zero-order valence-corrected chi connectivity index (χ0v) is 19.8. The van der Waals surface area contributed by atoms with E-state index in [1.807, 2.05) is 24.3 Å². The van der Waals surface area contributed by atoms with Gasteiger partial charge in [0, 0.05) is 27.7 Å². The van der Waals surface area contributed by atoms with Gasteiger partial charge < -0.3 is 10.1 Å². The van der Waals surface area contributed by atoms with Gasteiger partial charge in [0.15, 0.2) is 6.61 Å². The molecule has 0 saturated heterocycles. The molecule has 1 fully saturated rings. The van der Waals surface area contributed by atoms with E-state index >= 15 is 0 Å². The Kier molecular flexibility index (Phi) is 6.34. The number of carbonyl (C=O) groups excluding carboxylic acids is 1. The highest BCUT2D eigenvalue weighted by Crippen LogP contribution is 2.41. The molecule has 1 aliphatic rings. The van der Waals surface area contributed by atoms with Crippen LogP contribution in [0.25, 0.3) is 4.96 Å². The Morgan fingerprint density at radius 3 is 2.79 bits per heavy atom. The van der Waals surface area contributed by atoms with Crippen LogP contribution in [0.1, 0.15) is 29.5 Å². The molecule has 0 aliphatic heterocycles. The summed E-state index contributed by atoms with van der Waals surface area (Å²) in [5.41, 5.74) is 1.20. The van der Waals surface area contributed by atoms with Crippen molar-refractivity contribution in [3.63, 3.8) is 0 Å². The number of para-hydroxylation sites is 1. The van der Waals surface area contributed by atoms with Gasteiger partial charge >= 0.3 is 0 Å². The fourth-order valence-corrected chi connectivity index (χ4v) is 5.27. The number of nitrogens with one attached hydrogen (secondary N) is 1. The van der Waals surface area contributed by atoms with Crippen LogP contribution in [-0.2, 0) is 10.5 Å². The standard InChI is InChI=1S/C23H19ClN4O3S2/c24-15-7-9-17(10-8-15)31-12-20(29)26-18-3-1-2-4-19(18)32-13-16-11-21(30)28-23(25-16)33-22(27-28)14-5-6-14/h1-4,7-11,14H,5-6,12-13H2,(H,26,29). The van der Waals surface area contributed by atoms with Crippen LogP contribution in [0.15, 0.2) is 64.3 Å². The van der Waals surface area contributed by atoms with Gasteiger partial charge in [0.25, 0.3) is 11.5 Å². The molecule has 0 radical (unpaired) electrons. The highest BCUT2D eigenvalue weighted by Gasteiger charge is 2.28. The number of halogens is 1. The largest absolute Gasteiger partial charge is 0.484 e. The minimum Gasteiger partial charge on any atom is -0.484 e. The fourth-order valence-electron chi connectivity index (χ4n) is 3.15. The number of thioether (sulfide) groups is 1. The van der Waals surface area contributed by atoms with Crippen LogP contribution in [0, 0.1) is 0 Å². The Hall–Kier alpha value is -2.88. The van der Waals surface area contributed by atoms with Crippen molar-refractivity contribution in [2.45, 2.75) is 29.4 Å². The maximum Gasteiger partial charge on any atom is 0.275 e. The van der Waals surface area contributed by atoms with Gasteiger partial charge in [-0.2, -0.15) is 9.61 Å². The first kappa shape index (κ1) is 21.9. The number of rotatable bonds is 8. The predicted molar refractivity (Wildman–Crippen MR) is 131 cm³/mol. The number of aromatic nitrogens is 3. The van der Waals surface area contributed by atoms with Crippen molar-refractivity contribution >= 4 is 51.3 Å². The lowest BCUT2D eigenvalue weighted by Gasteiger charge is -2.11. The number of anilines is 1. The summed E-state index contributed by atoms with van der Waals surface area (Å²) in [7, 11) is 0. The summed E-state index contributed by atoms with van der Waals surface area (Å²) in [6.45, 7) is -0.121. The molecule has 2 aromatic heterocycles. The van der Waals surface area contributed by atoms with Gasteiger partial charge in [0.2, 0.25) is 4.96 Å². The third-order valence-corrected chi connectivity index (χ3v) is 7.39. The van der Waals surface area contributed by atoms with Crippen LogP contribution < -0.4 is 15.6 Å². The summed E-state index contributed by atoms with van der Waals surface area (Å²) in [6, 6.07) is 15.9. The SMILES string of the molecule is O=C(COc1ccc(Cl)cc1)Nc1ccccc1SCc1cc(=O)n2nc(C3CC3)sc2n1. The summed E-state index contributed by atoms with van der Waals surface area (Å²) in [5.74, 6) is 1.27. The first-order chi connectivity index (χ1) is 16.0. The molecular formula is C23H19ClN4O3S2. The topological polar surface area (TPSA) is 85.6 Å². The van der Waals surface area contributed by atoms with E-state index in [0.717, 1.165) is 22.7 Å². The Labute approximate surface area is 202 Å². The van der Waals surface area contributed by atoms with Crippen molar-refractivity contribution in [2.75, 3.05) is 11.9 Å². The molecule has 0 bridgehead atoms. The normalized spacial score (nSPS) is 13.2. The molecule has 7 nitrogen and oxygen atoms in total. The molecular weight excluding hydrogens is 480 g/mol. The second kappa shape index (κ2) is 9.54. The average Bonchev–Trinajstić information content (AvgIpc) is 3.57. The maximum atomic E-state index is 12.5. The van der Waals surface area contributed by atoms with E-state index in [-0.39, 0.29) is 18.1 Å². The molecule has 168 valence electrons. The summed E-state index contributed by atoms with van der Waals surface area (Å²) < 4.78 is 6.90. The van der Waals surface area contributed by atoms with E-state index < -0.39 is 0 Å². The van der Waals surface area contributed by atoms with Crippen molar-refractivity contribution in [2.24, 2.45) is 0 Å². The third kappa shape index (κ3) is 5.38. The second-order valence-electron chi connectivity index (χ2n) is 7.57. The Bertz CT molecular complexity index is 1370. The smallest absolute Gasteiger partial charge is 0.275 e. The Morgan fingerprint density at radius 1 is 1.21 bits per heavy atom. The van der Waals surface area contributed by atoms with E-state index in [1.165, 1.54) is 33.7 Å². The van der Waals surface area contributed by atoms with Crippen LogP contribution in [0.5, 0.6) is 5.75 Å². The van der Waals surface area contributed by atoms with Crippen molar-refractivity contribution in [3.05, 3.63) is 80.7 Å². The van der Waals surface area contributed by atoms with Crippen LogP contribution in [0.4, 0.5) is 5.69 Å². The second-order valence-corrected chi connectivity index (χ2v) is 10.0. The molecule has 1 aliphatic carbocycles. The molecule has 5 rings (SSSR count). The molecule has 4 aromatic rings. The van der Waals surface area contributed by atoms with Gasteiger partial charge in [-0.15, -0.1) is 11.8 Å². The van der Waals surface area contributed by atoms with E-state index in [2.05, 4.69) is 15.4 Å². The van der Waals surface area contributed by atoms with Crippen molar-refractivity contribution in [1.82, 2.24) is 14.6 Å². The highest BCUT2D eigenvalue weighted by atomic mass is 35.5. The molecule has 2 heterocycles. The summed E-state index contributed by atoms with van der Waals surface area (Å²) >= 11 is 8.86. The molecule has 0 unspecified atom stereocenters. The number of nitrogens with zero attached hydrogens (tertiary/aromatic N) is 3. The first-order valence-corrected chi connectivity index (χ1v) is 12.5. The average molecular weight is 499 g/mol. The van der Waals surface area contributed by atoms with E-state index in [4.69, 9.17) is 16.3 Å². The van der Waals surface area contributed by atoms with Crippen LogP contribution in [-0.4, -0.2) is 27.1 Å². The number of amides is 1. The zero-order valence-electron chi connectivity index (χ0n) is 17.4. The highest BCUT2D eigenvalue weighted by molar-refractivity contribution is 7.98. The number of hydrogen-bond donors (Lipinski definition) is 1. The zero-order chi connectivity index (χ0) is 22.8. The van der Waals surface area contributed by atoms with Gasteiger partial charge in [-0.3, -0.25) is 9.59 Å². The monoisotopic (exact) mass is 498 g/mol. The minimum absolute atomic E-state index is 0.121. The number of benzene rings is 2. The number of carbonyl (C=O) groups is 1. The van der Waals surface area contributed by atoms with E-state index in [9.17, 15) is 9.59 Å². The van der Waals surface area contributed by atoms with Gasteiger partial charge in [-0.1, -0.05) is 35.1 Å². The molecule has 1 saturated carbocycles. The summed E-state index contributed by atoms with van der Waals surface area (Å²) in [6.07, 6.45) is 2.26. The van der Waals surface area contributed by atoms with E-state index in [0.29, 0.717) is 38.8 Å². The van der Waals surface area contributed by atoms with Gasteiger partial charge in [0.05, 0.1) is 11.4 Å². The van der Waals surface area contributed by atoms with Crippen LogP contribution in [0.2, 0.25) is 5.02 Å². The lowest BCUT2D eigenvalue weighted by molar-refractivity contribution is -0.118. The quantitative estimate of drug-likeness (QED) is 0.344. The molecule has 0 atom stereocenters. The number of fused-ring (bicyclic) bond motifs is 1. The van der Waals surface area contributed by atoms with Gasteiger partial charge in [-0.25, -0.2) is 4.98 Å². The fraction of sp³-hybridized carbons (Fsp3) is 0.217. The maximum absolute atomic E-state index is 12.5. The predicted octanol–water partition coefficient (Wildman–Crippen LogP) is 4.99.